The number of nitrogens with zero attached hydrogens (tertiary/aromatic N) is 2. The summed E-state index contributed by atoms with van der Waals surface area (Å²) < 4.78 is 0. The zero-order chi connectivity index (χ0) is 15.5. The maximum atomic E-state index is 12.1. The number of aryl methyl sites for hydroxylation is 2. The average molecular weight is 285 g/mol. The van der Waals surface area contributed by atoms with Crippen molar-refractivity contribution in [3.63, 3.8) is 0 Å². The number of piperidine rings is 1. The Hall–Kier alpha value is -1.86. The number of rotatable bonds is 3. The third-order valence-electron chi connectivity index (χ3n) is 4.28. The number of carbonyl (C=O) groups excluding carboxylic acids is 1. The van der Waals surface area contributed by atoms with Gasteiger partial charge in [0.2, 0.25) is 5.91 Å². The lowest BCUT2D eigenvalue weighted by Crippen LogP contribution is -2.45. The highest BCUT2D eigenvalue weighted by atomic mass is 16.2. The molecule has 0 aliphatic carbocycles. The van der Waals surface area contributed by atoms with Crippen LogP contribution >= 0.6 is 0 Å². The van der Waals surface area contributed by atoms with E-state index in [0.29, 0.717) is 6.54 Å². The van der Waals surface area contributed by atoms with E-state index in [1.54, 1.807) is 11.8 Å². The van der Waals surface area contributed by atoms with Crippen LogP contribution in [0.1, 0.15) is 30.9 Å². The number of nitrogens with one attached hydrogen (secondary N) is 1. The van der Waals surface area contributed by atoms with Crippen LogP contribution in [0.3, 0.4) is 0 Å². The van der Waals surface area contributed by atoms with E-state index in [2.05, 4.69) is 17.5 Å². The number of nitriles is 1. The highest BCUT2D eigenvalue weighted by molar-refractivity contribution is 5.92. The van der Waals surface area contributed by atoms with E-state index in [1.807, 2.05) is 26.0 Å². The second kappa shape index (κ2) is 6.28. The van der Waals surface area contributed by atoms with Gasteiger partial charge in [0.1, 0.15) is 0 Å². The van der Waals surface area contributed by atoms with Gasteiger partial charge in [-0.2, -0.15) is 5.26 Å². The van der Waals surface area contributed by atoms with Gasteiger partial charge in [-0.1, -0.05) is 17.7 Å². The Kier molecular flexibility index (Phi) is 4.64. The van der Waals surface area contributed by atoms with Crippen LogP contribution in [0, 0.1) is 30.6 Å². The maximum Gasteiger partial charge on any atom is 0.223 e. The normalized spacial score (nSPS) is 17.0. The van der Waals surface area contributed by atoms with Crippen molar-refractivity contribution < 1.29 is 4.79 Å². The van der Waals surface area contributed by atoms with Gasteiger partial charge in [0.25, 0.3) is 0 Å². The zero-order valence-corrected chi connectivity index (χ0v) is 13.1. The van der Waals surface area contributed by atoms with E-state index < -0.39 is 5.41 Å². The molecule has 1 heterocycles. The quantitative estimate of drug-likeness (QED) is 0.928. The molecule has 0 saturated carbocycles. The average Bonchev–Trinajstić information content (AvgIpc) is 2.46. The van der Waals surface area contributed by atoms with Crippen molar-refractivity contribution in [1.82, 2.24) is 5.32 Å². The highest BCUT2D eigenvalue weighted by Gasteiger charge is 2.35. The van der Waals surface area contributed by atoms with Crippen LogP contribution in [-0.2, 0) is 4.79 Å². The second-order valence-corrected chi connectivity index (χ2v) is 6.04. The Balaban J connectivity index is 2.31. The molecule has 1 N–H and O–H groups in total. The van der Waals surface area contributed by atoms with Crippen molar-refractivity contribution in [1.29, 1.82) is 5.26 Å². The molecule has 0 spiro atoms. The topological polar surface area (TPSA) is 56.1 Å². The predicted octanol–water partition coefficient (Wildman–Crippen LogP) is 2.55. The minimum Gasteiger partial charge on any atom is -0.317 e. The molecule has 0 radical (unpaired) electrons. The number of benzene rings is 1. The predicted molar refractivity (Wildman–Crippen MR) is 84.1 cm³/mol. The molecule has 0 bridgehead atoms. The largest absolute Gasteiger partial charge is 0.317 e. The van der Waals surface area contributed by atoms with Crippen LogP contribution in [0.5, 0.6) is 0 Å². The molecule has 21 heavy (non-hydrogen) atoms. The first-order valence-corrected chi connectivity index (χ1v) is 7.45. The summed E-state index contributed by atoms with van der Waals surface area (Å²) in [5.41, 5.74) is 2.74. The summed E-state index contributed by atoms with van der Waals surface area (Å²) in [5, 5.41) is 12.9. The Morgan fingerprint density at radius 2 is 2.05 bits per heavy atom. The first-order chi connectivity index (χ1) is 9.97. The van der Waals surface area contributed by atoms with E-state index in [4.69, 9.17) is 0 Å². The summed E-state index contributed by atoms with van der Waals surface area (Å²) in [6.07, 6.45) is 1.58. The van der Waals surface area contributed by atoms with Gasteiger partial charge in [-0.3, -0.25) is 4.79 Å². The first kappa shape index (κ1) is 15.5. The van der Waals surface area contributed by atoms with Gasteiger partial charge >= 0.3 is 0 Å². The molecule has 1 aromatic rings. The fourth-order valence-electron chi connectivity index (χ4n) is 2.99. The van der Waals surface area contributed by atoms with Crippen molar-refractivity contribution in [2.45, 2.75) is 33.6 Å². The fraction of sp³-hybridized carbons (Fsp3) is 0.529. The van der Waals surface area contributed by atoms with Gasteiger partial charge < -0.3 is 10.2 Å². The molecule has 1 saturated heterocycles. The molecule has 1 aliphatic rings. The van der Waals surface area contributed by atoms with E-state index in [9.17, 15) is 10.1 Å². The van der Waals surface area contributed by atoms with Crippen LogP contribution in [0.15, 0.2) is 18.2 Å². The summed E-state index contributed by atoms with van der Waals surface area (Å²) in [4.78, 5) is 13.9. The van der Waals surface area contributed by atoms with E-state index in [1.165, 1.54) is 5.56 Å². The fourth-order valence-corrected chi connectivity index (χ4v) is 2.99. The minimum atomic E-state index is -0.436. The van der Waals surface area contributed by atoms with Crippen molar-refractivity contribution in [3.05, 3.63) is 29.3 Å². The lowest BCUT2D eigenvalue weighted by atomic mass is 9.79. The molecule has 1 amide bonds. The first-order valence-electron chi connectivity index (χ1n) is 7.45. The van der Waals surface area contributed by atoms with Gasteiger partial charge in [-0.15, -0.1) is 0 Å². The third-order valence-corrected chi connectivity index (χ3v) is 4.28. The van der Waals surface area contributed by atoms with Gasteiger partial charge in [-0.25, -0.2) is 0 Å². The maximum absolute atomic E-state index is 12.1. The van der Waals surface area contributed by atoms with Crippen LogP contribution in [0.4, 0.5) is 5.69 Å². The molecule has 2 rings (SSSR count). The minimum absolute atomic E-state index is 0.00453. The summed E-state index contributed by atoms with van der Waals surface area (Å²) in [6, 6.07) is 8.54. The smallest absolute Gasteiger partial charge is 0.223 e. The van der Waals surface area contributed by atoms with Crippen LogP contribution in [-0.4, -0.2) is 25.5 Å². The van der Waals surface area contributed by atoms with Crippen molar-refractivity contribution >= 4 is 11.6 Å². The number of hydrogen-bond acceptors (Lipinski definition) is 3. The molecule has 1 fully saturated rings. The van der Waals surface area contributed by atoms with E-state index in [-0.39, 0.29) is 5.91 Å². The molecular formula is C17H23N3O. The van der Waals surface area contributed by atoms with Crippen LogP contribution < -0.4 is 10.2 Å². The third kappa shape index (κ3) is 3.43. The summed E-state index contributed by atoms with van der Waals surface area (Å²) in [6.45, 7) is 7.78. The number of anilines is 1. The van der Waals surface area contributed by atoms with E-state index >= 15 is 0 Å². The molecule has 1 aliphatic heterocycles. The molecule has 4 nitrogen and oxygen atoms in total. The SMILES string of the molecule is CC(=O)N(CC1(C#N)CCNCC1)c1ccc(C)cc1C. The van der Waals surface area contributed by atoms with Gasteiger partial charge in [0, 0.05) is 19.2 Å². The Morgan fingerprint density at radius 3 is 2.57 bits per heavy atom. The van der Waals surface area contributed by atoms with Crippen molar-refractivity contribution in [2.75, 3.05) is 24.5 Å². The zero-order valence-electron chi connectivity index (χ0n) is 13.1. The molecule has 112 valence electrons. The molecule has 1 aromatic carbocycles. The summed E-state index contributed by atoms with van der Waals surface area (Å²) >= 11 is 0. The molecule has 0 atom stereocenters. The lowest BCUT2D eigenvalue weighted by Gasteiger charge is -2.36. The lowest BCUT2D eigenvalue weighted by molar-refractivity contribution is -0.116. The Labute approximate surface area is 126 Å². The summed E-state index contributed by atoms with van der Waals surface area (Å²) in [7, 11) is 0. The Bertz CT molecular complexity index is 568. The molecule has 4 heteroatoms. The summed E-state index contributed by atoms with van der Waals surface area (Å²) in [5.74, 6) is -0.00453. The van der Waals surface area contributed by atoms with E-state index in [0.717, 1.165) is 37.2 Å². The highest BCUT2D eigenvalue weighted by Crippen LogP contribution is 2.32. The monoisotopic (exact) mass is 285 g/mol. The molecular weight excluding hydrogens is 262 g/mol. The van der Waals surface area contributed by atoms with Crippen LogP contribution in [0.2, 0.25) is 0 Å². The van der Waals surface area contributed by atoms with Crippen LogP contribution in [0.25, 0.3) is 0 Å². The second-order valence-electron chi connectivity index (χ2n) is 6.04. The molecule has 0 aromatic heterocycles. The standard InChI is InChI=1S/C17H23N3O/c1-13-4-5-16(14(2)10-13)20(15(3)21)12-17(11-18)6-8-19-9-7-17/h4-5,10,19H,6-9,12H2,1-3H3. The Morgan fingerprint density at radius 1 is 1.38 bits per heavy atom. The van der Waals surface area contributed by atoms with Gasteiger partial charge in [0.15, 0.2) is 0 Å². The number of hydrogen-bond donors (Lipinski definition) is 1. The number of carbonyl (C=O) groups is 1. The van der Waals surface area contributed by atoms with Gasteiger partial charge in [0.05, 0.1) is 11.5 Å². The number of amides is 1. The van der Waals surface area contributed by atoms with Crippen molar-refractivity contribution in [2.24, 2.45) is 5.41 Å². The molecule has 0 unspecified atom stereocenters. The van der Waals surface area contributed by atoms with Gasteiger partial charge in [-0.05, 0) is 51.4 Å². The van der Waals surface area contributed by atoms with Crippen molar-refractivity contribution in [3.8, 4) is 6.07 Å².